The maximum absolute atomic E-state index is 13.8. The third-order valence-electron chi connectivity index (χ3n) is 2.44. The van der Waals surface area contributed by atoms with Gasteiger partial charge in [0.05, 0.1) is 5.92 Å². The van der Waals surface area contributed by atoms with Crippen LogP contribution in [0.4, 0.5) is 4.39 Å². The van der Waals surface area contributed by atoms with Crippen molar-refractivity contribution in [1.29, 1.82) is 0 Å². The van der Waals surface area contributed by atoms with E-state index in [9.17, 15) is 9.18 Å². The van der Waals surface area contributed by atoms with Gasteiger partial charge >= 0.3 is 5.97 Å². The largest absolute Gasteiger partial charge is 0.481 e. The van der Waals surface area contributed by atoms with E-state index in [1.54, 1.807) is 31.2 Å². The molecule has 15 heavy (non-hydrogen) atoms. The summed E-state index contributed by atoms with van der Waals surface area (Å²) in [6, 6.07) is 6.74. The Balaban J connectivity index is 3.24. The van der Waals surface area contributed by atoms with Gasteiger partial charge in [0.15, 0.2) is 0 Å². The quantitative estimate of drug-likeness (QED) is 0.832. The Bertz CT molecular complexity index is 366. The molecule has 2 nitrogen and oxygen atoms in total. The van der Waals surface area contributed by atoms with Crippen LogP contribution < -0.4 is 0 Å². The number of carboxylic acids is 1. The molecule has 1 aromatic carbocycles. The highest BCUT2D eigenvalue weighted by Gasteiger charge is 2.26. The molecular weight excluding hydrogens is 195 g/mol. The van der Waals surface area contributed by atoms with E-state index in [2.05, 4.69) is 0 Å². The lowest BCUT2D eigenvalue weighted by Crippen LogP contribution is -2.17. The maximum atomic E-state index is 13.8. The number of hydrogen-bond acceptors (Lipinski definition) is 1. The first-order chi connectivity index (χ1) is 6.84. The molecule has 0 aliphatic heterocycles. The molecule has 0 amide bonds. The van der Waals surface area contributed by atoms with Crippen LogP contribution in [0.3, 0.4) is 0 Å². The summed E-state index contributed by atoms with van der Waals surface area (Å²) < 4.78 is 13.8. The van der Waals surface area contributed by atoms with E-state index in [-0.39, 0.29) is 0 Å². The van der Waals surface area contributed by atoms with Crippen LogP contribution in [-0.2, 0) is 10.5 Å². The Morgan fingerprint density at radius 1 is 1.40 bits per heavy atom. The van der Waals surface area contributed by atoms with Gasteiger partial charge in [0.1, 0.15) is 5.67 Å². The minimum Gasteiger partial charge on any atom is -0.481 e. The van der Waals surface area contributed by atoms with Gasteiger partial charge in [-0.15, -0.1) is 0 Å². The summed E-state index contributed by atoms with van der Waals surface area (Å²) >= 11 is 0. The molecular formula is C12H15FO2. The molecule has 1 unspecified atom stereocenters. The Kier molecular flexibility index (Phi) is 3.12. The minimum atomic E-state index is -1.51. The fourth-order valence-electron chi connectivity index (χ4n) is 1.55. The van der Waals surface area contributed by atoms with E-state index in [0.29, 0.717) is 11.1 Å². The molecule has 0 saturated heterocycles. The highest BCUT2D eigenvalue weighted by molar-refractivity contribution is 5.76. The first-order valence-electron chi connectivity index (χ1n) is 4.85. The average molecular weight is 210 g/mol. The number of hydrogen-bond donors (Lipinski definition) is 1. The van der Waals surface area contributed by atoms with Gasteiger partial charge < -0.3 is 5.11 Å². The topological polar surface area (TPSA) is 37.3 Å². The second-order valence-electron chi connectivity index (χ2n) is 4.12. The zero-order chi connectivity index (χ0) is 11.6. The van der Waals surface area contributed by atoms with Crippen molar-refractivity contribution in [2.75, 3.05) is 0 Å². The van der Waals surface area contributed by atoms with Crippen molar-refractivity contribution >= 4 is 5.97 Å². The monoisotopic (exact) mass is 210 g/mol. The average Bonchev–Trinajstić information content (AvgIpc) is 2.15. The summed E-state index contributed by atoms with van der Waals surface area (Å²) in [7, 11) is 0. The second-order valence-corrected chi connectivity index (χ2v) is 4.12. The Hall–Kier alpha value is -1.38. The first kappa shape index (κ1) is 11.7. The van der Waals surface area contributed by atoms with Crippen LogP contribution in [0.25, 0.3) is 0 Å². The predicted octanol–water partition coefficient (Wildman–Crippen LogP) is 3.08. The normalized spacial score (nSPS) is 13.6. The van der Waals surface area contributed by atoms with Crippen LogP contribution in [0.5, 0.6) is 0 Å². The van der Waals surface area contributed by atoms with E-state index in [0.717, 1.165) is 0 Å². The van der Waals surface area contributed by atoms with Crippen molar-refractivity contribution in [1.82, 2.24) is 0 Å². The lowest BCUT2D eigenvalue weighted by molar-refractivity contribution is -0.138. The first-order valence-corrected chi connectivity index (χ1v) is 4.85. The summed E-state index contributed by atoms with van der Waals surface area (Å²) in [5.41, 5.74) is -0.530. The third kappa shape index (κ3) is 2.55. The molecule has 0 bridgehead atoms. The predicted molar refractivity (Wildman–Crippen MR) is 56.6 cm³/mol. The van der Waals surface area contributed by atoms with Crippen LogP contribution in [0.2, 0.25) is 0 Å². The van der Waals surface area contributed by atoms with Gasteiger partial charge in [-0.2, -0.15) is 0 Å². The van der Waals surface area contributed by atoms with Gasteiger partial charge in [0.2, 0.25) is 0 Å². The van der Waals surface area contributed by atoms with E-state index in [1.165, 1.54) is 13.8 Å². The molecule has 82 valence electrons. The Morgan fingerprint density at radius 3 is 2.40 bits per heavy atom. The van der Waals surface area contributed by atoms with Gasteiger partial charge in [0.25, 0.3) is 0 Å². The zero-order valence-corrected chi connectivity index (χ0v) is 9.12. The molecule has 3 heteroatoms. The summed E-state index contributed by atoms with van der Waals surface area (Å²) in [6.45, 7) is 4.42. The third-order valence-corrected chi connectivity index (χ3v) is 2.44. The maximum Gasteiger partial charge on any atom is 0.310 e. The summed E-state index contributed by atoms with van der Waals surface area (Å²) in [5, 5.41) is 8.90. The molecule has 0 aromatic heterocycles. The fourth-order valence-corrected chi connectivity index (χ4v) is 1.55. The van der Waals surface area contributed by atoms with E-state index in [1.807, 2.05) is 0 Å². The summed E-state index contributed by atoms with van der Waals surface area (Å²) in [5.74, 6) is -1.62. The fraction of sp³-hybridized carbons (Fsp3) is 0.417. The SMILES string of the molecule is CC(C(=O)O)c1ccccc1C(C)(C)F. The number of halogens is 1. The highest BCUT2D eigenvalue weighted by atomic mass is 19.1. The second kappa shape index (κ2) is 4.01. The number of alkyl halides is 1. The molecule has 0 radical (unpaired) electrons. The molecule has 1 N–H and O–H groups in total. The molecule has 0 aliphatic rings. The van der Waals surface area contributed by atoms with Crippen LogP contribution >= 0.6 is 0 Å². The van der Waals surface area contributed by atoms with Gasteiger partial charge in [-0.25, -0.2) is 4.39 Å². The summed E-state index contributed by atoms with van der Waals surface area (Å²) in [4.78, 5) is 10.9. The van der Waals surface area contributed by atoms with Crippen LogP contribution in [0.1, 0.15) is 37.8 Å². The zero-order valence-electron chi connectivity index (χ0n) is 9.12. The molecule has 0 aliphatic carbocycles. The summed E-state index contributed by atoms with van der Waals surface area (Å²) in [6.07, 6.45) is 0. The van der Waals surface area contributed by atoms with Crippen LogP contribution in [0.15, 0.2) is 24.3 Å². The number of rotatable bonds is 3. The van der Waals surface area contributed by atoms with Crippen molar-refractivity contribution < 1.29 is 14.3 Å². The number of aliphatic carboxylic acids is 1. The van der Waals surface area contributed by atoms with Gasteiger partial charge in [-0.3, -0.25) is 4.79 Å². The van der Waals surface area contributed by atoms with E-state index in [4.69, 9.17) is 5.11 Å². The molecule has 1 rings (SSSR count). The van der Waals surface area contributed by atoms with Crippen molar-refractivity contribution in [2.24, 2.45) is 0 Å². The van der Waals surface area contributed by atoms with E-state index >= 15 is 0 Å². The smallest absolute Gasteiger partial charge is 0.310 e. The molecule has 1 atom stereocenters. The van der Waals surface area contributed by atoms with Crippen molar-refractivity contribution in [3.05, 3.63) is 35.4 Å². The molecule has 0 heterocycles. The number of benzene rings is 1. The minimum absolute atomic E-state index is 0.444. The van der Waals surface area contributed by atoms with Crippen LogP contribution in [-0.4, -0.2) is 11.1 Å². The Morgan fingerprint density at radius 2 is 1.93 bits per heavy atom. The standard InChI is InChI=1S/C12H15FO2/c1-8(11(14)15)9-6-4-5-7-10(9)12(2,3)13/h4-8H,1-3H3,(H,14,15). The molecule has 0 fully saturated rings. The van der Waals surface area contributed by atoms with Gasteiger partial charge in [-0.1, -0.05) is 24.3 Å². The van der Waals surface area contributed by atoms with Gasteiger partial charge in [-0.05, 0) is 31.9 Å². The van der Waals surface area contributed by atoms with Gasteiger partial charge in [0, 0.05) is 0 Å². The lowest BCUT2D eigenvalue weighted by atomic mass is 9.88. The van der Waals surface area contributed by atoms with Crippen molar-refractivity contribution in [2.45, 2.75) is 32.4 Å². The Labute approximate surface area is 88.7 Å². The molecule has 1 aromatic rings. The van der Waals surface area contributed by atoms with Crippen molar-refractivity contribution in [3.63, 3.8) is 0 Å². The lowest BCUT2D eigenvalue weighted by Gasteiger charge is -2.20. The number of carbonyl (C=O) groups is 1. The van der Waals surface area contributed by atoms with Crippen LogP contribution in [0, 0.1) is 0 Å². The van der Waals surface area contributed by atoms with E-state index < -0.39 is 17.6 Å². The number of carboxylic acid groups (broad SMARTS) is 1. The highest BCUT2D eigenvalue weighted by Crippen LogP contribution is 2.31. The van der Waals surface area contributed by atoms with Crippen molar-refractivity contribution in [3.8, 4) is 0 Å². The molecule has 0 spiro atoms. The molecule has 0 saturated carbocycles.